The molecule has 6 nitrogen and oxygen atoms in total. The molecule has 0 radical (unpaired) electrons. The number of nitrogens with zero attached hydrogens (tertiary/aromatic N) is 3. The molecule has 92 valence electrons. The number of nitrogens with one attached hydrogen (secondary N) is 3. The van der Waals surface area contributed by atoms with Crippen molar-refractivity contribution in [2.75, 3.05) is 18.4 Å². The molecule has 1 aliphatic rings. The third-order valence-electron chi connectivity index (χ3n) is 2.89. The number of hydrogen-bond donors (Lipinski definition) is 3. The molecule has 0 aliphatic carbocycles. The summed E-state index contributed by atoms with van der Waals surface area (Å²) in [6, 6.07) is 0.446. The fraction of sp³-hybridized carbons (Fsp3) is 0.500. The summed E-state index contributed by atoms with van der Waals surface area (Å²) in [6.07, 6.45) is 5.70. The van der Waals surface area contributed by atoms with Gasteiger partial charge in [-0.2, -0.15) is 5.10 Å². The third kappa shape index (κ3) is 2.48. The number of hydrogen-bond acceptors (Lipinski definition) is 5. The lowest BCUT2D eigenvalue weighted by atomic mass is 10.1. The summed E-state index contributed by atoms with van der Waals surface area (Å²) in [6.45, 7) is 2.10. The summed E-state index contributed by atoms with van der Waals surface area (Å²) in [5, 5.41) is 14.6. The zero-order chi connectivity index (χ0) is 10.8. The van der Waals surface area contributed by atoms with Gasteiger partial charge in [-0.15, -0.1) is 12.4 Å². The summed E-state index contributed by atoms with van der Waals surface area (Å²) in [4.78, 5) is 8.37. The van der Waals surface area contributed by atoms with Gasteiger partial charge in [-0.1, -0.05) is 0 Å². The SMILES string of the molecule is Cl.c1nc(NC2CCCNC2)c2cn[nH]c2n1. The van der Waals surface area contributed by atoms with E-state index in [-0.39, 0.29) is 12.4 Å². The van der Waals surface area contributed by atoms with Crippen LogP contribution >= 0.6 is 12.4 Å². The highest BCUT2D eigenvalue weighted by Crippen LogP contribution is 2.18. The summed E-state index contributed by atoms with van der Waals surface area (Å²) in [5.41, 5.74) is 0.779. The standard InChI is InChI=1S/C10H14N6.ClH/c1-2-7(4-11-3-1)15-9-8-5-14-16-10(8)13-6-12-9;/h5-7,11H,1-4H2,(H2,12,13,14,15,16);1H. The fourth-order valence-electron chi connectivity index (χ4n) is 2.05. The van der Waals surface area contributed by atoms with Gasteiger partial charge < -0.3 is 10.6 Å². The number of aromatic nitrogens is 4. The Bertz CT molecular complexity index is 478. The largest absolute Gasteiger partial charge is 0.365 e. The summed E-state index contributed by atoms with van der Waals surface area (Å²) >= 11 is 0. The van der Waals surface area contributed by atoms with Crippen LogP contribution in [-0.4, -0.2) is 39.3 Å². The van der Waals surface area contributed by atoms with Crippen molar-refractivity contribution in [2.24, 2.45) is 0 Å². The van der Waals surface area contributed by atoms with E-state index in [0.717, 1.165) is 29.9 Å². The lowest BCUT2D eigenvalue weighted by molar-refractivity contribution is 0.479. The molecule has 0 amide bonds. The summed E-state index contributed by atoms with van der Waals surface area (Å²) in [7, 11) is 0. The highest BCUT2D eigenvalue weighted by Gasteiger charge is 2.14. The molecule has 7 heteroatoms. The fourth-order valence-corrected chi connectivity index (χ4v) is 2.05. The first-order valence-electron chi connectivity index (χ1n) is 5.55. The second-order valence-corrected chi connectivity index (χ2v) is 4.04. The average molecular weight is 255 g/mol. The van der Waals surface area contributed by atoms with Crippen LogP contribution in [0.3, 0.4) is 0 Å². The molecule has 2 aromatic rings. The van der Waals surface area contributed by atoms with Crippen molar-refractivity contribution >= 4 is 29.3 Å². The Labute approximate surface area is 105 Å². The molecule has 0 spiro atoms. The number of piperidine rings is 1. The molecular weight excluding hydrogens is 240 g/mol. The van der Waals surface area contributed by atoms with Gasteiger partial charge in [-0.3, -0.25) is 5.10 Å². The maximum Gasteiger partial charge on any atom is 0.160 e. The van der Waals surface area contributed by atoms with Gasteiger partial charge in [-0.05, 0) is 19.4 Å². The molecule has 1 saturated heterocycles. The zero-order valence-electron chi connectivity index (χ0n) is 9.31. The van der Waals surface area contributed by atoms with Gasteiger partial charge in [0.25, 0.3) is 0 Å². The van der Waals surface area contributed by atoms with E-state index in [4.69, 9.17) is 0 Å². The summed E-state index contributed by atoms with van der Waals surface area (Å²) in [5.74, 6) is 0.868. The van der Waals surface area contributed by atoms with Crippen LogP contribution in [-0.2, 0) is 0 Å². The predicted octanol–water partition coefficient (Wildman–Crippen LogP) is 0.939. The van der Waals surface area contributed by atoms with Crippen LogP contribution in [0, 0.1) is 0 Å². The predicted molar refractivity (Wildman–Crippen MR) is 68.4 cm³/mol. The Kier molecular flexibility index (Phi) is 3.75. The van der Waals surface area contributed by atoms with E-state index in [9.17, 15) is 0 Å². The first-order chi connectivity index (χ1) is 7.93. The smallest absolute Gasteiger partial charge is 0.160 e. The van der Waals surface area contributed by atoms with Crippen molar-refractivity contribution in [1.29, 1.82) is 0 Å². The molecule has 1 aliphatic heterocycles. The highest BCUT2D eigenvalue weighted by atomic mass is 35.5. The van der Waals surface area contributed by atoms with Gasteiger partial charge in [0.05, 0.1) is 11.6 Å². The lowest BCUT2D eigenvalue weighted by Gasteiger charge is -2.24. The number of rotatable bonds is 2. The number of aromatic amines is 1. The Morgan fingerprint density at radius 1 is 1.35 bits per heavy atom. The molecule has 17 heavy (non-hydrogen) atoms. The maximum atomic E-state index is 4.26. The molecule has 3 N–H and O–H groups in total. The van der Waals surface area contributed by atoms with E-state index in [1.165, 1.54) is 12.8 Å². The maximum absolute atomic E-state index is 4.26. The number of anilines is 1. The minimum Gasteiger partial charge on any atom is -0.365 e. The molecule has 1 atom stereocenters. The second kappa shape index (κ2) is 5.29. The molecule has 1 unspecified atom stereocenters. The van der Waals surface area contributed by atoms with Crippen molar-refractivity contribution in [1.82, 2.24) is 25.5 Å². The van der Waals surface area contributed by atoms with Crippen molar-refractivity contribution < 1.29 is 0 Å². The normalized spacial score (nSPS) is 19.9. The van der Waals surface area contributed by atoms with Crippen LogP contribution in [0.15, 0.2) is 12.5 Å². The molecule has 0 bridgehead atoms. The lowest BCUT2D eigenvalue weighted by Crippen LogP contribution is -2.38. The van der Waals surface area contributed by atoms with Gasteiger partial charge in [0.2, 0.25) is 0 Å². The van der Waals surface area contributed by atoms with E-state index in [1.807, 2.05) is 0 Å². The van der Waals surface area contributed by atoms with Crippen molar-refractivity contribution in [3.63, 3.8) is 0 Å². The molecule has 3 rings (SSSR count). The zero-order valence-corrected chi connectivity index (χ0v) is 10.1. The monoisotopic (exact) mass is 254 g/mol. The molecular formula is C10H15ClN6. The molecule has 3 heterocycles. The van der Waals surface area contributed by atoms with E-state index in [1.54, 1.807) is 12.5 Å². The number of halogens is 1. The summed E-state index contributed by atoms with van der Waals surface area (Å²) < 4.78 is 0. The number of fused-ring (bicyclic) bond motifs is 1. The Balaban J connectivity index is 0.00000108. The van der Waals surface area contributed by atoms with Crippen molar-refractivity contribution in [3.05, 3.63) is 12.5 Å². The van der Waals surface area contributed by atoms with E-state index in [0.29, 0.717) is 6.04 Å². The van der Waals surface area contributed by atoms with Gasteiger partial charge >= 0.3 is 0 Å². The van der Waals surface area contributed by atoms with Crippen LogP contribution < -0.4 is 10.6 Å². The first-order valence-corrected chi connectivity index (χ1v) is 5.55. The topological polar surface area (TPSA) is 78.5 Å². The van der Waals surface area contributed by atoms with Crippen LogP contribution in [0.2, 0.25) is 0 Å². The Morgan fingerprint density at radius 2 is 2.29 bits per heavy atom. The minimum atomic E-state index is 0. The van der Waals surface area contributed by atoms with Gasteiger partial charge in [0.15, 0.2) is 5.65 Å². The first kappa shape index (κ1) is 12.1. The van der Waals surface area contributed by atoms with E-state index >= 15 is 0 Å². The Morgan fingerprint density at radius 3 is 3.12 bits per heavy atom. The second-order valence-electron chi connectivity index (χ2n) is 4.04. The van der Waals surface area contributed by atoms with E-state index < -0.39 is 0 Å². The molecule has 1 fully saturated rings. The van der Waals surface area contributed by atoms with E-state index in [2.05, 4.69) is 30.8 Å². The minimum absolute atomic E-state index is 0. The molecule has 0 aromatic carbocycles. The van der Waals surface area contributed by atoms with Crippen LogP contribution in [0.1, 0.15) is 12.8 Å². The quantitative estimate of drug-likeness (QED) is 0.743. The van der Waals surface area contributed by atoms with Crippen LogP contribution in [0.25, 0.3) is 11.0 Å². The molecule has 0 saturated carbocycles. The van der Waals surface area contributed by atoms with Gasteiger partial charge in [-0.25, -0.2) is 9.97 Å². The van der Waals surface area contributed by atoms with Crippen LogP contribution in [0.4, 0.5) is 5.82 Å². The average Bonchev–Trinajstić information content (AvgIpc) is 2.80. The number of H-pyrrole nitrogens is 1. The van der Waals surface area contributed by atoms with Crippen molar-refractivity contribution in [2.45, 2.75) is 18.9 Å². The highest BCUT2D eigenvalue weighted by molar-refractivity contribution is 5.85. The van der Waals surface area contributed by atoms with Gasteiger partial charge in [0, 0.05) is 12.6 Å². The Hall–Kier alpha value is -1.40. The third-order valence-corrected chi connectivity index (χ3v) is 2.89. The molecule has 2 aromatic heterocycles. The van der Waals surface area contributed by atoms with Crippen molar-refractivity contribution in [3.8, 4) is 0 Å². The van der Waals surface area contributed by atoms with Gasteiger partial charge in [0.1, 0.15) is 12.1 Å². The van der Waals surface area contributed by atoms with Crippen LogP contribution in [0.5, 0.6) is 0 Å².